The molecule has 0 aliphatic heterocycles. The number of esters is 1. The first kappa shape index (κ1) is 18.8. The van der Waals surface area contributed by atoms with Gasteiger partial charge in [0.2, 0.25) is 0 Å². The van der Waals surface area contributed by atoms with Gasteiger partial charge < -0.3 is 4.74 Å². The van der Waals surface area contributed by atoms with Crippen LogP contribution in [0.15, 0.2) is 42.5 Å². The summed E-state index contributed by atoms with van der Waals surface area (Å²) < 4.78 is 4.67. The lowest BCUT2D eigenvalue weighted by Gasteiger charge is -2.10. The van der Waals surface area contributed by atoms with Gasteiger partial charge in [0.25, 0.3) is 0 Å². The summed E-state index contributed by atoms with van der Waals surface area (Å²) >= 11 is 0. The summed E-state index contributed by atoms with van der Waals surface area (Å²) in [4.78, 5) is 11.9. The van der Waals surface area contributed by atoms with Crippen molar-refractivity contribution in [3.8, 4) is 23.7 Å². The van der Waals surface area contributed by atoms with Crippen molar-refractivity contribution in [2.45, 2.75) is 46.5 Å². The molecule has 0 amide bonds. The second-order valence-corrected chi connectivity index (χ2v) is 6.72. The average Bonchev–Trinajstić information content (AvgIpc) is 2.61. The quantitative estimate of drug-likeness (QED) is 0.483. The van der Waals surface area contributed by atoms with Gasteiger partial charge in [-0.3, -0.25) is 0 Å². The van der Waals surface area contributed by atoms with E-state index in [0.717, 1.165) is 35.4 Å². The van der Waals surface area contributed by atoms with E-state index in [9.17, 15) is 4.79 Å². The summed E-state index contributed by atoms with van der Waals surface area (Å²) in [6, 6.07) is 14.5. The second-order valence-electron chi connectivity index (χ2n) is 6.72. The van der Waals surface area contributed by atoms with Gasteiger partial charge in [-0.2, -0.15) is 0 Å². The lowest BCUT2D eigenvalue weighted by molar-refractivity contribution is 0.0690. The van der Waals surface area contributed by atoms with Crippen molar-refractivity contribution in [2.24, 2.45) is 5.92 Å². The number of benzene rings is 2. The summed E-state index contributed by atoms with van der Waals surface area (Å²) in [6.45, 7) is 6.54. The Morgan fingerprint density at radius 3 is 2.40 bits per heavy atom. The van der Waals surface area contributed by atoms with Crippen LogP contribution >= 0.6 is 0 Å². The van der Waals surface area contributed by atoms with Gasteiger partial charge in [-0.15, -0.1) is 0 Å². The molecule has 0 atom stereocenters. The van der Waals surface area contributed by atoms with Gasteiger partial charge in [0, 0.05) is 0 Å². The van der Waals surface area contributed by atoms with E-state index in [1.165, 1.54) is 18.4 Å². The highest BCUT2D eigenvalue weighted by molar-refractivity contribution is 5.92. The van der Waals surface area contributed by atoms with Crippen LogP contribution < -0.4 is 0 Å². The van der Waals surface area contributed by atoms with Crippen molar-refractivity contribution in [3.05, 3.63) is 59.2 Å². The molecule has 25 heavy (non-hydrogen) atoms. The molecule has 0 spiro atoms. The molecule has 2 aromatic carbocycles. The largest absolute Gasteiger partial charge is 0.369 e. The minimum Gasteiger partial charge on any atom is -0.369 e. The Bertz CT molecular complexity index is 749. The van der Waals surface area contributed by atoms with Crippen LogP contribution in [0.2, 0.25) is 0 Å². The molecule has 0 radical (unpaired) electrons. The molecule has 0 aliphatic rings. The number of rotatable bonds is 7. The summed E-state index contributed by atoms with van der Waals surface area (Å²) in [5.41, 5.74) is 5.10. The summed E-state index contributed by atoms with van der Waals surface area (Å²) in [5, 5.41) is 0. The number of carbonyl (C=O) groups is 1. The van der Waals surface area contributed by atoms with Crippen LogP contribution in [0.25, 0.3) is 11.1 Å². The number of terminal acetylenes is 1. The molecule has 0 bridgehead atoms. The number of ether oxygens (including phenoxy) is 1. The Morgan fingerprint density at radius 1 is 1.12 bits per heavy atom. The molecule has 0 saturated carbocycles. The first-order chi connectivity index (χ1) is 12.0. The number of hydrogen-bond donors (Lipinski definition) is 0. The fourth-order valence-electron chi connectivity index (χ4n) is 2.95. The molecule has 0 aliphatic carbocycles. The summed E-state index contributed by atoms with van der Waals surface area (Å²) in [7, 11) is 0. The van der Waals surface area contributed by atoms with Crippen LogP contribution in [0.3, 0.4) is 0 Å². The smallest absolute Gasteiger partial charge is 0.352 e. The maximum Gasteiger partial charge on any atom is 0.352 e. The van der Waals surface area contributed by atoms with E-state index in [4.69, 9.17) is 6.42 Å². The van der Waals surface area contributed by atoms with Gasteiger partial charge in [0.15, 0.2) is 0 Å². The standard InChI is InChI=1S/C23H26O2/c1-5-19-16-21(14-15-22(19)23(24)25-6-2)20-12-10-18(11-13-20)9-7-8-17(3)4/h2,10-17H,5,7-9H2,1,3-4H3. The van der Waals surface area contributed by atoms with Crippen molar-refractivity contribution < 1.29 is 9.53 Å². The van der Waals surface area contributed by atoms with Gasteiger partial charge >= 0.3 is 5.97 Å². The maximum absolute atomic E-state index is 11.9. The van der Waals surface area contributed by atoms with Gasteiger partial charge in [0.1, 0.15) is 6.11 Å². The van der Waals surface area contributed by atoms with Crippen molar-refractivity contribution in [1.29, 1.82) is 0 Å². The van der Waals surface area contributed by atoms with E-state index >= 15 is 0 Å². The molecule has 0 unspecified atom stereocenters. The zero-order chi connectivity index (χ0) is 18.2. The predicted octanol–water partition coefficient (Wildman–Crippen LogP) is 5.64. The Balaban J connectivity index is 2.16. The minimum atomic E-state index is -0.466. The van der Waals surface area contributed by atoms with Gasteiger partial charge in [-0.05, 0) is 53.5 Å². The van der Waals surface area contributed by atoms with Gasteiger partial charge in [-0.1, -0.05) is 70.0 Å². The maximum atomic E-state index is 11.9. The first-order valence-electron chi connectivity index (χ1n) is 8.94. The topological polar surface area (TPSA) is 26.3 Å². The van der Waals surface area contributed by atoms with E-state index in [1.54, 1.807) is 6.07 Å². The zero-order valence-corrected chi connectivity index (χ0v) is 15.3. The lowest BCUT2D eigenvalue weighted by atomic mass is 9.96. The Hall–Kier alpha value is -2.53. The molecular formula is C23H26O2. The SMILES string of the molecule is C#COC(=O)c1ccc(-c2ccc(CCCC(C)C)cc2)cc1CC. The van der Waals surface area contributed by atoms with E-state index in [0.29, 0.717) is 5.56 Å². The second kappa shape index (κ2) is 9.08. The molecule has 0 saturated heterocycles. The van der Waals surface area contributed by atoms with Gasteiger partial charge in [-0.25, -0.2) is 4.79 Å². The molecule has 2 aromatic rings. The molecule has 0 aromatic heterocycles. The number of aryl methyl sites for hydroxylation is 2. The highest BCUT2D eigenvalue weighted by atomic mass is 16.5. The highest BCUT2D eigenvalue weighted by Gasteiger charge is 2.12. The van der Waals surface area contributed by atoms with Crippen molar-refractivity contribution in [3.63, 3.8) is 0 Å². The third-order valence-electron chi connectivity index (χ3n) is 4.39. The molecule has 0 heterocycles. The molecule has 2 nitrogen and oxygen atoms in total. The van der Waals surface area contributed by atoms with Crippen molar-refractivity contribution in [1.82, 2.24) is 0 Å². The highest BCUT2D eigenvalue weighted by Crippen LogP contribution is 2.24. The van der Waals surface area contributed by atoms with Crippen molar-refractivity contribution >= 4 is 5.97 Å². The molecule has 0 fully saturated rings. The molecule has 2 heteroatoms. The third kappa shape index (κ3) is 5.22. The normalized spacial score (nSPS) is 10.5. The van der Waals surface area contributed by atoms with Crippen molar-refractivity contribution in [2.75, 3.05) is 0 Å². The van der Waals surface area contributed by atoms with Crippen LogP contribution in [0.4, 0.5) is 0 Å². The lowest BCUT2D eigenvalue weighted by Crippen LogP contribution is -2.05. The van der Waals surface area contributed by atoms with Gasteiger partial charge in [0.05, 0.1) is 5.56 Å². The van der Waals surface area contributed by atoms with E-state index < -0.39 is 5.97 Å². The molecule has 2 rings (SSSR count). The van der Waals surface area contributed by atoms with E-state index in [-0.39, 0.29) is 0 Å². The number of carbonyl (C=O) groups excluding carboxylic acids is 1. The molecule has 0 N–H and O–H groups in total. The van der Waals surface area contributed by atoms with Crippen LogP contribution in [-0.2, 0) is 17.6 Å². The first-order valence-corrected chi connectivity index (χ1v) is 8.94. The summed E-state index contributed by atoms with van der Waals surface area (Å²) in [6.07, 6.45) is 11.3. The monoisotopic (exact) mass is 334 g/mol. The average molecular weight is 334 g/mol. The fourth-order valence-corrected chi connectivity index (χ4v) is 2.95. The molecule has 130 valence electrons. The Labute approximate surface area is 151 Å². The van der Waals surface area contributed by atoms with Crippen LogP contribution in [0, 0.1) is 18.4 Å². The van der Waals surface area contributed by atoms with Crippen LogP contribution in [-0.4, -0.2) is 5.97 Å². The van der Waals surface area contributed by atoms with Crippen LogP contribution in [0.1, 0.15) is 55.1 Å². The Kier molecular flexibility index (Phi) is 6.83. The summed E-state index contributed by atoms with van der Waals surface area (Å²) in [5.74, 6) is 0.290. The van der Waals surface area contributed by atoms with Crippen LogP contribution in [0.5, 0.6) is 0 Å². The predicted molar refractivity (Wildman–Crippen MR) is 103 cm³/mol. The number of hydrogen-bond acceptors (Lipinski definition) is 2. The van der Waals surface area contributed by atoms with E-state index in [2.05, 4.69) is 42.8 Å². The Morgan fingerprint density at radius 2 is 1.80 bits per heavy atom. The zero-order valence-electron chi connectivity index (χ0n) is 15.3. The molecular weight excluding hydrogens is 308 g/mol. The van der Waals surface area contributed by atoms with E-state index in [1.807, 2.05) is 25.2 Å². The minimum absolute atomic E-state index is 0.466. The fraction of sp³-hybridized carbons (Fsp3) is 0.348. The third-order valence-corrected chi connectivity index (χ3v) is 4.39.